The zero-order chi connectivity index (χ0) is 22.8. The van der Waals surface area contributed by atoms with Gasteiger partial charge in [0, 0.05) is 33.1 Å². The van der Waals surface area contributed by atoms with Crippen molar-refractivity contribution < 1.29 is 19.2 Å². The maximum Gasteiger partial charge on any atom is 0.263 e. The van der Waals surface area contributed by atoms with Gasteiger partial charge in [0.1, 0.15) is 6.04 Å². The first-order valence-corrected chi connectivity index (χ1v) is 11.5. The first kappa shape index (κ1) is 23.2. The Morgan fingerprint density at radius 3 is 2.13 bits per heavy atom. The molecule has 0 unspecified atom stereocenters. The Hall–Kier alpha value is -2.48. The number of thiophene rings is 1. The highest BCUT2D eigenvalue weighted by molar-refractivity contribution is 7.15. The number of piperidine rings is 1. The molecule has 0 saturated carbocycles. The van der Waals surface area contributed by atoms with E-state index < -0.39 is 6.04 Å². The van der Waals surface area contributed by atoms with Gasteiger partial charge in [-0.15, -0.1) is 17.9 Å². The number of ketones is 1. The highest BCUT2D eigenvalue weighted by Gasteiger charge is 2.44. The molecule has 0 bridgehead atoms. The summed E-state index contributed by atoms with van der Waals surface area (Å²) in [6.45, 7) is 11.3. The largest absolute Gasteiger partial charge is 0.344 e. The summed E-state index contributed by atoms with van der Waals surface area (Å²) < 4.78 is 0. The van der Waals surface area contributed by atoms with Gasteiger partial charge in [0.2, 0.25) is 11.8 Å². The van der Waals surface area contributed by atoms with Crippen molar-refractivity contribution in [1.29, 1.82) is 0 Å². The van der Waals surface area contributed by atoms with Crippen LogP contribution < -0.4 is 5.32 Å². The van der Waals surface area contributed by atoms with Gasteiger partial charge in [0.15, 0.2) is 5.78 Å². The summed E-state index contributed by atoms with van der Waals surface area (Å²) in [7, 11) is 0. The Kier molecular flexibility index (Phi) is 6.99. The van der Waals surface area contributed by atoms with E-state index in [0.717, 1.165) is 24.8 Å². The van der Waals surface area contributed by atoms with Crippen LogP contribution in [0.15, 0.2) is 24.3 Å². The van der Waals surface area contributed by atoms with Crippen LogP contribution in [-0.2, 0) is 9.59 Å². The number of carbonyl (C=O) groups excluding carboxylic acids is 4. The number of Topliss-reactive ketones (excluding diaryl/α,β-unsaturated/α-hetero) is 1. The number of carbonyl (C=O) groups is 4. The van der Waals surface area contributed by atoms with Gasteiger partial charge < -0.3 is 15.1 Å². The molecule has 7 nitrogen and oxygen atoms in total. The monoisotopic (exact) mass is 445 g/mol. The second kappa shape index (κ2) is 9.34. The summed E-state index contributed by atoms with van der Waals surface area (Å²) in [4.78, 5) is 53.8. The molecular formula is C23H31N3O4S. The molecule has 2 saturated heterocycles. The number of amides is 3. The van der Waals surface area contributed by atoms with Crippen LogP contribution in [0.1, 0.15) is 65.8 Å². The lowest BCUT2D eigenvalue weighted by atomic mass is 9.77. The van der Waals surface area contributed by atoms with Crippen LogP contribution in [0.5, 0.6) is 0 Å². The number of hydrogen-bond acceptors (Lipinski definition) is 5. The minimum atomic E-state index is -0.568. The highest BCUT2D eigenvalue weighted by atomic mass is 32.1. The summed E-state index contributed by atoms with van der Waals surface area (Å²) in [5.74, 6) is -0.321. The molecule has 0 aliphatic carbocycles. The normalized spacial score (nSPS) is 18.7. The zero-order valence-corrected chi connectivity index (χ0v) is 19.3. The number of nitrogens with zero attached hydrogens (tertiary/aromatic N) is 2. The molecule has 8 heteroatoms. The maximum absolute atomic E-state index is 13.0. The van der Waals surface area contributed by atoms with Crippen LogP contribution in [0.25, 0.3) is 0 Å². The molecule has 1 N–H and O–H groups in total. The van der Waals surface area contributed by atoms with Crippen LogP contribution in [0.3, 0.4) is 0 Å². The smallest absolute Gasteiger partial charge is 0.263 e. The van der Waals surface area contributed by atoms with E-state index in [0.29, 0.717) is 42.4 Å². The number of nitrogens with one attached hydrogen (secondary N) is 1. The molecule has 3 amide bonds. The molecule has 2 fully saturated rings. The zero-order valence-electron chi connectivity index (χ0n) is 18.5. The van der Waals surface area contributed by atoms with Gasteiger partial charge in [-0.1, -0.05) is 5.57 Å². The van der Waals surface area contributed by atoms with Crippen LogP contribution in [-0.4, -0.2) is 65.5 Å². The highest BCUT2D eigenvalue weighted by Crippen LogP contribution is 2.41. The van der Waals surface area contributed by atoms with Crippen molar-refractivity contribution in [2.24, 2.45) is 5.41 Å². The third-order valence-corrected chi connectivity index (χ3v) is 7.43. The summed E-state index contributed by atoms with van der Waals surface area (Å²) in [6.07, 6.45) is 3.04. The first-order valence-electron chi connectivity index (χ1n) is 10.7. The van der Waals surface area contributed by atoms with Crippen LogP contribution in [0, 0.1) is 5.41 Å². The van der Waals surface area contributed by atoms with E-state index in [4.69, 9.17) is 0 Å². The van der Waals surface area contributed by atoms with E-state index in [2.05, 4.69) is 11.9 Å². The summed E-state index contributed by atoms with van der Waals surface area (Å²) >= 11 is 1.25. The Morgan fingerprint density at radius 2 is 1.61 bits per heavy atom. The standard InChI is InChI=1S/C23H31N3O4S/c1-15(2)13-18(24-17(4)28)21(29)26-12-9-23(14-26)7-10-25(11-8-23)22(30)20-6-5-19(31-20)16(3)27/h5-6,18H,1,7-14H2,2-4H3,(H,24,28)/t18-/m0/s1. The minimum absolute atomic E-state index is 0.0227. The van der Waals surface area contributed by atoms with Gasteiger partial charge in [-0.25, -0.2) is 0 Å². The molecule has 2 aliphatic rings. The van der Waals surface area contributed by atoms with Crippen molar-refractivity contribution in [3.8, 4) is 0 Å². The second-order valence-corrected chi connectivity index (χ2v) is 10.0. The first-order chi connectivity index (χ1) is 14.6. The van der Waals surface area contributed by atoms with E-state index in [1.807, 2.05) is 16.7 Å². The van der Waals surface area contributed by atoms with Gasteiger partial charge >= 0.3 is 0 Å². The van der Waals surface area contributed by atoms with Crippen molar-refractivity contribution >= 4 is 34.8 Å². The summed E-state index contributed by atoms with van der Waals surface area (Å²) in [6, 6.07) is 2.87. The lowest BCUT2D eigenvalue weighted by Gasteiger charge is -2.39. The van der Waals surface area contributed by atoms with Crippen molar-refractivity contribution in [2.75, 3.05) is 26.2 Å². The molecule has 1 spiro atoms. The average Bonchev–Trinajstić information content (AvgIpc) is 3.34. The van der Waals surface area contributed by atoms with Gasteiger partial charge in [-0.3, -0.25) is 19.2 Å². The average molecular weight is 446 g/mol. The van der Waals surface area contributed by atoms with E-state index in [-0.39, 0.29) is 28.9 Å². The quantitative estimate of drug-likeness (QED) is 0.539. The van der Waals surface area contributed by atoms with Crippen molar-refractivity contribution in [3.63, 3.8) is 0 Å². The van der Waals surface area contributed by atoms with Crippen molar-refractivity contribution in [3.05, 3.63) is 34.0 Å². The van der Waals surface area contributed by atoms with Gasteiger partial charge in [-0.05, 0) is 57.1 Å². The van der Waals surface area contributed by atoms with Crippen molar-refractivity contribution in [2.45, 2.75) is 52.5 Å². The molecule has 0 radical (unpaired) electrons. The minimum Gasteiger partial charge on any atom is -0.344 e. The van der Waals surface area contributed by atoms with Gasteiger partial charge in [-0.2, -0.15) is 0 Å². The van der Waals surface area contributed by atoms with Crippen molar-refractivity contribution in [1.82, 2.24) is 15.1 Å². The molecule has 1 atom stereocenters. The summed E-state index contributed by atoms with van der Waals surface area (Å²) in [5, 5.41) is 2.76. The number of hydrogen-bond donors (Lipinski definition) is 1. The fourth-order valence-electron chi connectivity index (χ4n) is 4.53. The lowest BCUT2D eigenvalue weighted by Crippen LogP contribution is -2.49. The van der Waals surface area contributed by atoms with E-state index in [1.54, 1.807) is 12.1 Å². The lowest BCUT2D eigenvalue weighted by molar-refractivity contribution is -0.135. The molecule has 168 valence electrons. The molecule has 31 heavy (non-hydrogen) atoms. The maximum atomic E-state index is 13.0. The molecular weight excluding hydrogens is 414 g/mol. The Balaban J connectivity index is 1.59. The van der Waals surface area contributed by atoms with Crippen LogP contribution >= 0.6 is 11.3 Å². The van der Waals surface area contributed by atoms with Gasteiger partial charge in [0.05, 0.1) is 9.75 Å². The van der Waals surface area contributed by atoms with Crippen LogP contribution in [0.4, 0.5) is 0 Å². The number of likely N-dealkylation sites (tertiary alicyclic amines) is 2. The number of rotatable bonds is 6. The fourth-order valence-corrected chi connectivity index (χ4v) is 5.40. The summed E-state index contributed by atoms with van der Waals surface area (Å²) in [5.41, 5.74) is 0.880. The predicted molar refractivity (Wildman–Crippen MR) is 120 cm³/mol. The molecule has 1 aromatic heterocycles. The Labute approximate surface area is 187 Å². The molecule has 1 aromatic rings. The van der Waals surface area contributed by atoms with Gasteiger partial charge in [0.25, 0.3) is 5.91 Å². The van der Waals surface area contributed by atoms with E-state index in [1.165, 1.54) is 25.2 Å². The van der Waals surface area contributed by atoms with Crippen LogP contribution in [0.2, 0.25) is 0 Å². The fraction of sp³-hybridized carbons (Fsp3) is 0.565. The van der Waals surface area contributed by atoms with E-state index in [9.17, 15) is 19.2 Å². The topological polar surface area (TPSA) is 86.8 Å². The van der Waals surface area contributed by atoms with E-state index >= 15 is 0 Å². The Morgan fingerprint density at radius 1 is 1.03 bits per heavy atom. The molecule has 3 rings (SSSR count). The molecule has 0 aromatic carbocycles. The third-order valence-electron chi connectivity index (χ3n) is 6.25. The second-order valence-electron chi connectivity index (χ2n) is 8.94. The third kappa shape index (κ3) is 5.42. The molecule has 3 heterocycles. The molecule has 2 aliphatic heterocycles. The Bertz CT molecular complexity index is 882. The predicted octanol–water partition coefficient (Wildman–Crippen LogP) is 2.88. The SMILES string of the molecule is C=C(C)C[C@H](NC(C)=O)C(=O)N1CCC2(CCN(C(=O)c3ccc(C(C)=O)s3)CC2)C1.